The fourth-order valence-electron chi connectivity index (χ4n) is 3.49. The van der Waals surface area contributed by atoms with Crippen LogP contribution in [0.5, 0.6) is 0 Å². The molecule has 2 rings (SSSR count). The Morgan fingerprint density at radius 2 is 1.15 bits per heavy atom. The average Bonchev–Trinajstić information content (AvgIpc) is 3.36. The molecule has 0 heterocycles. The molecule has 0 nitrogen and oxygen atoms in total. The minimum atomic E-state index is 0. The van der Waals surface area contributed by atoms with Crippen molar-refractivity contribution in [2.75, 3.05) is 0 Å². The van der Waals surface area contributed by atoms with E-state index >= 15 is 0 Å². The van der Waals surface area contributed by atoms with Crippen LogP contribution in [0.3, 0.4) is 0 Å². The largest absolute Gasteiger partial charge is 0.748 e. The monoisotopic (exact) mass is 410 g/mol. The van der Waals surface area contributed by atoms with Crippen LogP contribution in [-0.2, 0) is 29.9 Å². The van der Waals surface area contributed by atoms with Gasteiger partial charge in [-0.05, 0) is 0 Å². The van der Waals surface area contributed by atoms with Crippen LogP contribution in [0.2, 0.25) is 0 Å². The van der Waals surface area contributed by atoms with E-state index in [1.54, 1.807) is 11.1 Å². The van der Waals surface area contributed by atoms with E-state index < -0.39 is 0 Å². The van der Waals surface area contributed by atoms with Gasteiger partial charge in [-0.3, -0.25) is 0 Å². The average molecular weight is 410 g/mol. The molecule has 0 amide bonds. The molecule has 0 saturated carbocycles. The zero-order valence-electron chi connectivity index (χ0n) is 17.9. The second kappa shape index (κ2) is 20.0. The summed E-state index contributed by atoms with van der Waals surface area (Å²) < 4.78 is 0. The van der Waals surface area contributed by atoms with Gasteiger partial charge in [-0.15, -0.1) is 0 Å². The SMILES string of the molecule is CCCCCCCCc1ccc[c-]1CCCCCCCC.[Fe].[cH-]1[cH-][cH-][cH-][cH-]1. The molecule has 0 aliphatic carbocycles. The molecule has 27 heavy (non-hydrogen) atoms. The second-order valence-electron chi connectivity index (χ2n) is 7.57. The van der Waals surface area contributed by atoms with Crippen molar-refractivity contribution < 1.29 is 17.1 Å². The Hall–Kier alpha value is -0.781. The molecule has 2 aromatic carbocycles. The third-order valence-corrected chi connectivity index (χ3v) is 5.16. The van der Waals surface area contributed by atoms with Crippen LogP contribution in [0, 0.1) is 0 Å². The first-order valence-electron chi connectivity index (χ1n) is 11.3. The first-order valence-corrected chi connectivity index (χ1v) is 11.3. The quantitative estimate of drug-likeness (QED) is 0.166. The van der Waals surface area contributed by atoms with E-state index in [1.165, 1.54) is 89.9 Å². The predicted octanol–water partition coefficient (Wildman–Crippen LogP) is 8.61. The van der Waals surface area contributed by atoms with E-state index in [4.69, 9.17) is 0 Å². The van der Waals surface area contributed by atoms with Gasteiger partial charge >= 0.3 is 0 Å². The number of hydrogen-bond donors (Lipinski definition) is 0. The van der Waals surface area contributed by atoms with Crippen molar-refractivity contribution in [1.29, 1.82) is 0 Å². The summed E-state index contributed by atoms with van der Waals surface area (Å²) in [6, 6.07) is 17.0. The Labute approximate surface area is 180 Å². The maximum absolute atomic E-state index is 2.36. The fraction of sp³-hybridized carbons (Fsp3) is 0.615. The number of aryl methyl sites for hydroxylation is 2. The Balaban J connectivity index is 0.000000969. The van der Waals surface area contributed by atoms with Crippen molar-refractivity contribution in [2.24, 2.45) is 0 Å². The van der Waals surface area contributed by atoms with Crippen molar-refractivity contribution >= 4 is 0 Å². The summed E-state index contributed by atoms with van der Waals surface area (Å²) in [7, 11) is 0. The molecule has 0 fully saturated rings. The molecule has 2 aromatic rings. The first kappa shape index (κ1) is 26.2. The smallest absolute Gasteiger partial charge is 0 e. The van der Waals surface area contributed by atoms with Gasteiger partial charge in [-0.25, -0.2) is 12.1 Å². The standard InChI is InChI=1S/C21H37.C5H5.Fe/c1-3-5-7-9-11-13-16-20-18-15-19-21(20)17-14-12-10-8-6-4-2;1-2-4-5-3-1;/h15,18-19H,3-14,16-17H2,1-2H3;1-5H;/q-1;-5;. The van der Waals surface area contributed by atoms with Crippen molar-refractivity contribution in [3.05, 3.63) is 59.7 Å². The van der Waals surface area contributed by atoms with E-state index in [1.807, 2.05) is 30.3 Å². The molecule has 0 bridgehead atoms. The van der Waals surface area contributed by atoms with Gasteiger partial charge in [0.05, 0.1) is 0 Å². The molecule has 0 saturated heterocycles. The third kappa shape index (κ3) is 14.9. The van der Waals surface area contributed by atoms with Crippen LogP contribution in [0.1, 0.15) is 102 Å². The maximum Gasteiger partial charge on any atom is 0 e. The third-order valence-electron chi connectivity index (χ3n) is 5.16. The number of unbranched alkanes of at least 4 members (excludes halogenated alkanes) is 10. The van der Waals surface area contributed by atoms with E-state index in [2.05, 4.69) is 32.0 Å². The van der Waals surface area contributed by atoms with Gasteiger partial charge in [0.1, 0.15) is 0 Å². The van der Waals surface area contributed by atoms with Gasteiger partial charge in [0.15, 0.2) is 0 Å². The molecule has 0 N–H and O–H groups in total. The Morgan fingerprint density at radius 1 is 0.667 bits per heavy atom. The number of rotatable bonds is 14. The van der Waals surface area contributed by atoms with Crippen LogP contribution in [-0.4, -0.2) is 0 Å². The molecule has 0 spiro atoms. The summed E-state index contributed by atoms with van der Waals surface area (Å²) in [5.41, 5.74) is 3.28. The van der Waals surface area contributed by atoms with Crippen molar-refractivity contribution in [1.82, 2.24) is 0 Å². The molecule has 0 aromatic heterocycles. The predicted molar refractivity (Wildman–Crippen MR) is 118 cm³/mol. The molecule has 0 radical (unpaired) electrons. The molecule has 0 aliphatic heterocycles. The van der Waals surface area contributed by atoms with E-state index in [0.717, 1.165) is 0 Å². The summed E-state index contributed by atoms with van der Waals surface area (Å²) in [4.78, 5) is 0. The molecular formula is C26H42Fe-6. The summed E-state index contributed by atoms with van der Waals surface area (Å²) in [5, 5.41) is 0. The summed E-state index contributed by atoms with van der Waals surface area (Å²) in [6.45, 7) is 4.58. The van der Waals surface area contributed by atoms with Gasteiger partial charge in [0, 0.05) is 17.1 Å². The molecule has 160 valence electrons. The zero-order chi connectivity index (χ0) is 18.7. The molecule has 1 heteroatoms. The minimum Gasteiger partial charge on any atom is -0.748 e. The van der Waals surface area contributed by atoms with Crippen molar-refractivity contribution in [2.45, 2.75) is 104 Å². The van der Waals surface area contributed by atoms with Crippen molar-refractivity contribution in [3.8, 4) is 0 Å². The molecule has 0 aliphatic rings. The topological polar surface area (TPSA) is 0 Å². The van der Waals surface area contributed by atoms with Crippen LogP contribution < -0.4 is 0 Å². The Bertz CT molecular complexity index is 432. The van der Waals surface area contributed by atoms with Gasteiger partial charge in [-0.1, -0.05) is 104 Å². The van der Waals surface area contributed by atoms with Crippen LogP contribution >= 0.6 is 0 Å². The van der Waals surface area contributed by atoms with Crippen LogP contribution in [0.4, 0.5) is 0 Å². The minimum absolute atomic E-state index is 0. The molecule has 0 unspecified atom stereocenters. The maximum atomic E-state index is 2.36. The van der Waals surface area contributed by atoms with Gasteiger partial charge < -0.3 is 30.3 Å². The van der Waals surface area contributed by atoms with Gasteiger partial charge in [-0.2, -0.15) is 17.2 Å². The normalized spacial score (nSPS) is 10.1. The van der Waals surface area contributed by atoms with Crippen LogP contribution in [0.25, 0.3) is 0 Å². The number of hydrogen-bond acceptors (Lipinski definition) is 0. The zero-order valence-corrected chi connectivity index (χ0v) is 19.0. The summed E-state index contributed by atoms with van der Waals surface area (Å²) in [6.07, 6.45) is 19.5. The molecule has 0 atom stereocenters. The van der Waals surface area contributed by atoms with Gasteiger partial charge in [0.25, 0.3) is 0 Å². The summed E-state index contributed by atoms with van der Waals surface area (Å²) in [5.74, 6) is 0. The van der Waals surface area contributed by atoms with E-state index in [9.17, 15) is 0 Å². The second-order valence-corrected chi connectivity index (χ2v) is 7.57. The summed E-state index contributed by atoms with van der Waals surface area (Å²) >= 11 is 0. The van der Waals surface area contributed by atoms with Gasteiger partial charge in [0.2, 0.25) is 0 Å². The van der Waals surface area contributed by atoms with Crippen molar-refractivity contribution in [3.63, 3.8) is 0 Å². The fourth-order valence-corrected chi connectivity index (χ4v) is 3.49. The van der Waals surface area contributed by atoms with Crippen LogP contribution in [0.15, 0.2) is 48.5 Å². The molecular weight excluding hydrogens is 368 g/mol. The Morgan fingerprint density at radius 3 is 1.70 bits per heavy atom. The Kier molecular flexibility index (Phi) is 19.4. The van der Waals surface area contributed by atoms with E-state index in [0.29, 0.717) is 0 Å². The first-order chi connectivity index (χ1) is 12.9. The van der Waals surface area contributed by atoms with E-state index in [-0.39, 0.29) is 17.1 Å².